The molecule has 0 saturated carbocycles. The zero-order valence-corrected chi connectivity index (χ0v) is 10.8. The molecule has 0 bridgehead atoms. The molecule has 0 aliphatic rings. The molecular formula is C15H14FN3. The summed E-state index contributed by atoms with van der Waals surface area (Å²) in [6.45, 7) is 3.96. The van der Waals surface area contributed by atoms with Crippen molar-refractivity contribution in [3.8, 4) is 17.3 Å². The Kier molecular flexibility index (Phi) is 3.76. The van der Waals surface area contributed by atoms with Crippen molar-refractivity contribution < 1.29 is 4.39 Å². The van der Waals surface area contributed by atoms with Crippen molar-refractivity contribution in [3.05, 3.63) is 47.8 Å². The number of halogens is 1. The summed E-state index contributed by atoms with van der Waals surface area (Å²) in [5, 5.41) is 12.2. The number of pyridine rings is 1. The van der Waals surface area contributed by atoms with Crippen molar-refractivity contribution in [2.75, 3.05) is 5.32 Å². The largest absolute Gasteiger partial charge is 0.367 e. The van der Waals surface area contributed by atoms with Gasteiger partial charge in [-0.15, -0.1) is 0 Å². The summed E-state index contributed by atoms with van der Waals surface area (Å²) in [6, 6.07) is 11.9. The smallest absolute Gasteiger partial charge is 0.144 e. The molecule has 1 aromatic heterocycles. The van der Waals surface area contributed by atoms with Crippen molar-refractivity contribution in [2.24, 2.45) is 0 Å². The molecule has 0 aliphatic carbocycles. The van der Waals surface area contributed by atoms with Gasteiger partial charge in [-0.05, 0) is 50.2 Å². The molecule has 0 atom stereocenters. The topological polar surface area (TPSA) is 48.7 Å². The number of rotatable bonds is 3. The van der Waals surface area contributed by atoms with Crippen LogP contribution in [-0.2, 0) is 0 Å². The van der Waals surface area contributed by atoms with Gasteiger partial charge in [-0.25, -0.2) is 9.37 Å². The number of hydrogen-bond donors (Lipinski definition) is 1. The Morgan fingerprint density at radius 2 is 1.84 bits per heavy atom. The van der Waals surface area contributed by atoms with Crippen molar-refractivity contribution in [1.29, 1.82) is 5.26 Å². The highest BCUT2D eigenvalue weighted by Crippen LogP contribution is 2.22. The predicted molar refractivity (Wildman–Crippen MR) is 73.1 cm³/mol. The highest BCUT2D eigenvalue weighted by molar-refractivity contribution is 5.64. The van der Waals surface area contributed by atoms with E-state index >= 15 is 0 Å². The molecule has 1 aromatic carbocycles. The van der Waals surface area contributed by atoms with Crippen LogP contribution in [0.15, 0.2) is 36.4 Å². The van der Waals surface area contributed by atoms with E-state index in [9.17, 15) is 4.39 Å². The fourth-order valence-corrected chi connectivity index (χ4v) is 1.71. The normalized spacial score (nSPS) is 10.3. The highest BCUT2D eigenvalue weighted by Gasteiger charge is 2.08. The second-order valence-electron chi connectivity index (χ2n) is 4.51. The molecule has 0 amide bonds. The molecule has 0 saturated heterocycles. The van der Waals surface area contributed by atoms with Crippen LogP contribution < -0.4 is 5.32 Å². The number of benzene rings is 1. The molecular weight excluding hydrogens is 241 g/mol. The quantitative estimate of drug-likeness (QED) is 0.911. The lowest BCUT2D eigenvalue weighted by Crippen LogP contribution is -2.12. The van der Waals surface area contributed by atoms with Crippen molar-refractivity contribution >= 4 is 5.82 Å². The zero-order valence-electron chi connectivity index (χ0n) is 10.8. The molecule has 2 rings (SSSR count). The van der Waals surface area contributed by atoms with Crippen molar-refractivity contribution in [3.63, 3.8) is 0 Å². The van der Waals surface area contributed by atoms with Gasteiger partial charge in [-0.3, -0.25) is 0 Å². The molecule has 0 fully saturated rings. The maximum atomic E-state index is 12.9. The van der Waals surface area contributed by atoms with Gasteiger partial charge in [-0.1, -0.05) is 0 Å². The molecule has 19 heavy (non-hydrogen) atoms. The van der Waals surface area contributed by atoms with Gasteiger partial charge < -0.3 is 5.32 Å². The predicted octanol–water partition coefficient (Wildman–Crippen LogP) is 3.58. The van der Waals surface area contributed by atoms with Crippen LogP contribution in [0.2, 0.25) is 0 Å². The maximum Gasteiger partial charge on any atom is 0.144 e. The van der Waals surface area contributed by atoms with Crippen LogP contribution in [0.1, 0.15) is 19.4 Å². The summed E-state index contributed by atoms with van der Waals surface area (Å²) in [5.74, 6) is 0.275. The minimum Gasteiger partial charge on any atom is -0.367 e. The summed E-state index contributed by atoms with van der Waals surface area (Å²) < 4.78 is 12.9. The molecule has 4 heteroatoms. The molecule has 1 N–H and O–H groups in total. The standard InChI is InChI=1S/C15H14FN3/c1-10(2)18-15-12(9-17)5-8-14(19-15)11-3-6-13(16)7-4-11/h3-8,10H,1-2H3,(H,18,19). The Morgan fingerprint density at radius 3 is 2.42 bits per heavy atom. The molecule has 1 heterocycles. The van der Waals surface area contributed by atoms with Crippen LogP contribution in [0.5, 0.6) is 0 Å². The van der Waals surface area contributed by atoms with Gasteiger partial charge in [0, 0.05) is 11.6 Å². The maximum absolute atomic E-state index is 12.9. The summed E-state index contributed by atoms with van der Waals surface area (Å²) in [5.41, 5.74) is 2.03. The molecule has 0 spiro atoms. The number of nitriles is 1. The number of hydrogen-bond acceptors (Lipinski definition) is 3. The third-order valence-corrected chi connectivity index (χ3v) is 2.58. The van der Waals surface area contributed by atoms with Gasteiger partial charge in [0.25, 0.3) is 0 Å². The molecule has 0 aliphatic heterocycles. The van der Waals surface area contributed by atoms with Crippen LogP contribution in [-0.4, -0.2) is 11.0 Å². The first-order chi connectivity index (χ1) is 9.10. The van der Waals surface area contributed by atoms with Crippen LogP contribution in [0.25, 0.3) is 11.3 Å². The summed E-state index contributed by atoms with van der Waals surface area (Å²) in [4.78, 5) is 4.43. The lowest BCUT2D eigenvalue weighted by atomic mass is 10.1. The fourth-order valence-electron chi connectivity index (χ4n) is 1.71. The Labute approximate surface area is 111 Å². The molecule has 2 aromatic rings. The van der Waals surface area contributed by atoms with E-state index in [0.29, 0.717) is 17.1 Å². The summed E-state index contributed by atoms with van der Waals surface area (Å²) in [6.07, 6.45) is 0. The molecule has 0 radical (unpaired) electrons. The second kappa shape index (κ2) is 5.49. The first-order valence-corrected chi connectivity index (χ1v) is 6.04. The Balaban J connectivity index is 2.43. The van der Waals surface area contributed by atoms with Gasteiger partial charge >= 0.3 is 0 Å². The average Bonchev–Trinajstić information content (AvgIpc) is 2.39. The molecule has 0 unspecified atom stereocenters. The Bertz CT molecular complexity index is 612. The lowest BCUT2D eigenvalue weighted by Gasteiger charge is -2.12. The van der Waals surface area contributed by atoms with E-state index in [0.717, 1.165) is 5.56 Å². The van der Waals surface area contributed by atoms with E-state index in [4.69, 9.17) is 5.26 Å². The number of nitrogens with one attached hydrogen (secondary N) is 1. The minimum atomic E-state index is -0.280. The van der Waals surface area contributed by atoms with E-state index in [1.54, 1.807) is 24.3 Å². The molecule has 3 nitrogen and oxygen atoms in total. The monoisotopic (exact) mass is 255 g/mol. The number of aromatic nitrogens is 1. The van der Waals surface area contributed by atoms with Crippen molar-refractivity contribution in [1.82, 2.24) is 4.98 Å². The van der Waals surface area contributed by atoms with Gasteiger partial charge in [-0.2, -0.15) is 5.26 Å². The third kappa shape index (κ3) is 3.08. The second-order valence-corrected chi connectivity index (χ2v) is 4.51. The van der Waals surface area contributed by atoms with Gasteiger partial charge in [0.1, 0.15) is 17.7 Å². The van der Waals surface area contributed by atoms with E-state index in [2.05, 4.69) is 16.4 Å². The number of nitrogens with zero attached hydrogens (tertiary/aromatic N) is 2. The zero-order chi connectivity index (χ0) is 13.8. The number of anilines is 1. The van der Waals surface area contributed by atoms with Crippen LogP contribution in [0, 0.1) is 17.1 Å². The Hall–Kier alpha value is -2.41. The lowest BCUT2D eigenvalue weighted by molar-refractivity contribution is 0.628. The fraction of sp³-hybridized carbons (Fsp3) is 0.200. The average molecular weight is 255 g/mol. The SMILES string of the molecule is CC(C)Nc1nc(-c2ccc(F)cc2)ccc1C#N. The molecule has 96 valence electrons. The first-order valence-electron chi connectivity index (χ1n) is 6.04. The highest BCUT2D eigenvalue weighted by atomic mass is 19.1. The minimum absolute atomic E-state index is 0.183. The van der Waals surface area contributed by atoms with Crippen molar-refractivity contribution in [2.45, 2.75) is 19.9 Å². The summed E-state index contributed by atoms with van der Waals surface area (Å²) >= 11 is 0. The van der Waals surface area contributed by atoms with E-state index < -0.39 is 0 Å². The first kappa shape index (κ1) is 13.0. The van der Waals surface area contributed by atoms with Gasteiger partial charge in [0.2, 0.25) is 0 Å². The van der Waals surface area contributed by atoms with Crippen LogP contribution in [0.4, 0.5) is 10.2 Å². The third-order valence-electron chi connectivity index (χ3n) is 2.58. The van der Waals surface area contributed by atoms with Gasteiger partial charge in [0.05, 0.1) is 11.3 Å². The Morgan fingerprint density at radius 1 is 1.16 bits per heavy atom. The van der Waals surface area contributed by atoms with Crippen LogP contribution in [0.3, 0.4) is 0 Å². The van der Waals surface area contributed by atoms with E-state index in [1.165, 1.54) is 12.1 Å². The van der Waals surface area contributed by atoms with Gasteiger partial charge in [0.15, 0.2) is 0 Å². The van der Waals surface area contributed by atoms with E-state index in [-0.39, 0.29) is 11.9 Å². The van der Waals surface area contributed by atoms with Crippen LogP contribution >= 0.6 is 0 Å². The van der Waals surface area contributed by atoms with E-state index in [1.807, 2.05) is 13.8 Å². The summed E-state index contributed by atoms with van der Waals surface area (Å²) in [7, 11) is 0.